The molecule has 0 radical (unpaired) electrons. The number of carbonyl (C=O) groups is 2. The van der Waals surface area contributed by atoms with Crippen molar-refractivity contribution in [2.45, 2.75) is 39.0 Å². The highest BCUT2D eigenvalue weighted by molar-refractivity contribution is 5.90. The standard InChI is InChI=1S/C25H30N2O4/c1-5-6-11-26-24(28)13-17-7-10-22-20(12-17)21(15-27-22)16(2)19-9-8-18(25(29)31-4)14-23(19)30-3/h7-10,12,14-16,27H,5-6,11,13H2,1-4H3,(H,26,28). The quantitative estimate of drug-likeness (QED) is 0.391. The summed E-state index contributed by atoms with van der Waals surface area (Å²) in [5, 5.41) is 4.04. The van der Waals surface area contributed by atoms with Gasteiger partial charge in [0.2, 0.25) is 5.91 Å². The van der Waals surface area contributed by atoms with Crippen LogP contribution in [-0.2, 0) is 16.0 Å². The zero-order valence-corrected chi connectivity index (χ0v) is 18.6. The van der Waals surface area contributed by atoms with Crippen LogP contribution in [0, 0.1) is 0 Å². The first-order chi connectivity index (χ1) is 15.0. The van der Waals surface area contributed by atoms with Crippen LogP contribution in [-0.4, -0.2) is 37.6 Å². The van der Waals surface area contributed by atoms with Gasteiger partial charge in [0.05, 0.1) is 26.2 Å². The lowest BCUT2D eigenvalue weighted by Crippen LogP contribution is -2.25. The third-order valence-electron chi connectivity index (χ3n) is 5.58. The van der Waals surface area contributed by atoms with Crippen molar-refractivity contribution in [1.82, 2.24) is 10.3 Å². The van der Waals surface area contributed by atoms with Crippen LogP contribution in [0.2, 0.25) is 0 Å². The van der Waals surface area contributed by atoms with E-state index in [0.29, 0.717) is 24.3 Å². The average Bonchev–Trinajstić information content (AvgIpc) is 3.21. The summed E-state index contributed by atoms with van der Waals surface area (Å²) in [6, 6.07) is 11.4. The Kier molecular flexibility index (Phi) is 7.34. The van der Waals surface area contributed by atoms with Gasteiger partial charge in [-0.1, -0.05) is 32.4 Å². The van der Waals surface area contributed by atoms with Gasteiger partial charge in [-0.05, 0) is 41.8 Å². The largest absolute Gasteiger partial charge is 0.496 e. The molecule has 2 aromatic carbocycles. The summed E-state index contributed by atoms with van der Waals surface area (Å²) in [6.07, 6.45) is 4.39. The van der Waals surface area contributed by atoms with Gasteiger partial charge < -0.3 is 19.8 Å². The number of H-pyrrole nitrogens is 1. The summed E-state index contributed by atoms with van der Waals surface area (Å²) in [7, 11) is 2.95. The van der Waals surface area contributed by atoms with Crippen molar-refractivity contribution in [3.63, 3.8) is 0 Å². The number of benzene rings is 2. The first-order valence-electron chi connectivity index (χ1n) is 10.6. The van der Waals surface area contributed by atoms with E-state index in [9.17, 15) is 9.59 Å². The molecule has 1 unspecified atom stereocenters. The second-order valence-corrected chi connectivity index (χ2v) is 7.67. The molecule has 2 N–H and O–H groups in total. The van der Waals surface area contributed by atoms with Crippen molar-refractivity contribution < 1.29 is 19.1 Å². The Balaban J connectivity index is 1.88. The Hall–Kier alpha value is -3.28. The Morgan fingerprint density at radius 3 is 2.61 bits per heavy atom. The van der Waals surface area contributed by atoms with E-state index in [1.54, 1.807) is 19.2 Å². The zero-order chi connectivity index (χ0) is 22.4. The van der Waals surface area contributed by atoms with Crippen LogP contribution in [0.1, 0.15) is 59.7 Å². The van der Waals surface area contributed by atoms with Crippen LogP contribution in [0.5, 0.6) is 5.75 Å². The lowest BCUT2D eigenvalue weighted by Gasteiger charge is -2.16. The minimum absolute atomic E-state index is 0.0176. The maximum atomic E-state index is 12.2. The van der Waals surface area contributed by atoms with Gasteiger partial charge in [-0.15, -0.1) is 0 Å². The lowest BCUT2D eigenvalue weighted by atomic mass is 9.90. The molecule has 0 saturated heterocycles. The molecule has 3 rings (SSSR count). The molecule has 164 valence electrons. The molecule has 0 aliphatic heterocycles. The minimum atomic E-state index is -0.397. The summed E-state index contributed by atoms with van der Waals surface area (Å²) < 4.78 is 10.4. The molecule has 0 bridgehead atoms. The van der Waals surface area contributed by atoms with E-state index in [1.807, 2.05) is 24.4 Å². The summed E-state index contributed by atoms with van der Waals surface area (Å²) in [4.78, 5) is 27.4. The number of esters is 1. The average molecular weight is 423 g/mol. The van der Waals surface area contributed by atoms with Crippen LogP contribution in [0.15, 0.2) is 42.6 Å². The van der Waals surface area contributed by atoms with Gasteiger partial charge in [0.25, 0.3) is 0 Å². The fraction of sp³-hybridized carbons (Fsp3) is 0.360. The highest BCUT2D eigenvalue weighted by Gasteiger charge is 2.19. The normalized spacial score (nSPS) is 11.9. The third-order valence-corrected chi connectivity index (χ3v) is 5.58. The number of aromatic nitrogens is 1. The third kappa shape index (κ3) is 5.08. The van der Waals surface area contributed by atoms with E-state index in [2.05, 4.69) is 30.2 Å². The fourth-order valence-electron chi connectivity index (χ4n) is 3.79. The van der Waals surface area contributed by atoms with Crippen LogP contribution < -0.4 is 10.1 Å². The number of hydrogen-bond acceptors (Lipinski definition) is 4. The Morgan fingerprint density at radius 1 is 1.10 bits per heavy atom. The number of hydrogen-bond donors (Lipinski definition) is 2. The Morgan fingerprint density at radius 2 is 1.90 bits per heavy atom. The molecule has 0 fully saturated rings. The second kappa shape index (κ2) is 10.2. The van der Waals surface area contributed by atoms with Crippen molar-refractivity contribution in [3.05, 3.63) is 64.8 Å². The summed E-state index contributed by atoms with van der Waals surface area (Å²) >= 11 is 0. The first-order valence-corrected chi connectivity index (χ1v) is 10.6. The number of amides is 1. The molecule has 1 aromatic heterocycles. The smallest absolute Gasteiger partial charge is 0.337 e. The van der Waals surface area contributed by atoms with Crippen molar-refractivity contribution in [2.75, 3.05) is 20.8 Å². The molecular weight excluding hydrogens is 392 g/mol. The Bertz CT molecular complexity index is 1070. The molecule has 6 nitrogen and oxygen atoms in total. The molecule has 1 atom stereocenters. The van der Waals surface area contributed by atoms with Gasteiger partial charge in [0.1, 0.15) is 5.75 Å². The van der Waals surface area contributed by atoms with E-state index in [1.165, 1.54) is 7.11 Å². The minimum Gasteiger partial charge on any atom is -0.496 e. The number of ether oxygens (including phenoxy) is 2. The van der Waals surface area contributed by atoms with Crippen molar-refractivity contribution in [3.8, 4) is 5.75 Å². The van der Waals surface area contributed by atoms with Gasteiger partial charge in [-0.3, -0.25) is 4.79 Å². The SMILES string of the molecule is CCCCNC(=O)Cc1ccc2[nH]cc(C(C)c3ccc(C(=O)OC)cc3OC)c2c1. The molecule has 31 heavy (non-hydrogen) atoms. The number of nitrogens with one attached hydrogen (secondary N) is 2. The number of rotatable bonds is 9. The summed E-state index contributed by atoms with van der Waals surface area (Å²) in [5.41, 5.74) is 4.52. The molecule has 0 saturated carbocycles. The molecular formula is C25H30N2O4. The van der Waals surface area contributed by atoms with Crippen molar-refractivity contribution in [2.24, 2.45) is 0 Å². The topological polar surface area (TPSA) is 80.4 Å². The number of carbonyl (C=O) groups excluding carboxylic acids is 2. The molecule has 6 heteroatoms. The monoisotopic (exact) mass is 422 g/mol. The maximum absolute atomic E-state index is 12.2. The van der Waals surface area contributed by atoms with E-state index in [0.717, 1.165) is 40.4 Å². The van der Waals surface area contributed by atoms with Gasteiger partial charge in [0, 0.05) is 35.1 Å². The molecule has 1 amide bonds. The van der Waals surface area contributed by atoms with E-state index in [4.69, 9.17) is 9.47 Å². The van der Waals surface area contributed by atoms with E-state index < -0.39 is 5.97 Å². The molecule has 0 aliphatic rings. The van der Waals surface area contributed by atoms with Crippen LogP contribution >= 0.6 is 0 Å². The first kappa shape index (κ1) is 22.4. The second-order valence-electron chi connectivity index (χ2n) is 7.67. The van der Waals surface area contributed by atoms with E-state index in [-0.39, 0.29) is 11.8 Å². The number of methoxy groups -OCH3 is 2. The van der Waals surface area contributed by atoms with Crippen molar-refractivity contribution >= 4 is 22.8 Å². The van der Waals surface area contributed by atoms with Gasteiger partial charge in [-0.2, -0.15) is 0 Å². The van der Waals surface area contributed by atoms with Crippen LogP contribution in [0.25, 0.3) is 10.9 Å². The highest BCUT2D eigenvalue weighted by atomic mass is 16.5. The van der Waals surface area contributed by atoms with E-state index >= 15 is 0 Å². The van der Waals surface area contributed by atoms with Crippen molar-refractivity contribution in [1.29, 1.82) is 0 Å². The Labute approximate surface area is 182 Å². The van der Waals surface area contributed by atoms with Crippen LogP contribution in [0.4, 0.5) is 0 Å². The lowest BCUT2D eigenvalue weighted by molar-refractivity contribution is -0.120. The van der Waals surface area contributed by atoms with Gasteiger partial charge >= 0.3 is 5.97 Å². The predicted octanol–water partition coefficient (Wildman–Crippen LogP) is 4.57. The van der Waals surface area contributed by atoms with Gasteiger partial charge in [0.15, 0.2) is 0 Å². The molecule has 3 aromatic rings. The van der Waals surface area contributed by atoms with Gasteiger partial charge in [-0.25, -0.2) is 4.79 Å². The molecule has 1 heterocycles. The summed E-state index contributed by atoms with van der Waals surface area (Å²) in [6.45, 7) is 4.92. The number of unbranched alkanes of at least 4 members (excludes halogenated alkanes) is 1. The fourth-order valence-corrected chi connectivity index (χ4v) is 3.79. The number of aromatic amines is 1. The van der Waals surface area contributed by atoms with Crippen LogP contribution in [0.3, 0.4) is 0 Å². The molecule has 0 aliphatic carbocycles. The molecule has 0 spiro atoms. The zero-order valence-electron chi connectivity index (χ0n) is 18.6. The highest BCUT2D eigenvalue weighted by Crippen LogP contribution is 2.36. The predicted molar refractivity (Wildman–Crippen MR) is 122 cm³/mol. The summed E-state index contributed by atoms with van der Waals surface area (Å²) in [5.74, 6) is 0.296. The maximum Gasteiger partial charge on any atom is 0.337 e. The number of fused-ring (bicyclic) bond motifs is 1.